The van der Waals surface area contributed by atoms with Gasteiger partial charge in [0.1, 0.15) is 66.5 Å². The molecule has 37 heteroatoms. The number of nitrogens with zero attached hydrogens (tertiary/aromatic N) is 1. The second-order valence-electron chi connectivity index (χ2n) is 23.9. The zero-order valence-electron chi connectivity index (χ0n) is 55.9. The Morgan fingerprint density at radius 2 is 0.950 bits per heavy atom. The first kappa shape index (κ1) is 84.2. The number of carbonyl (C=O) groups is 14. The summed E-state index contributed by atoms with van der Waals surface area (Å²) >= 11 is 10.5. The Bertz CT molecular complexity index is 3330. The number of hydrogen-bond donors (Lipinski definition) is 20. The van der Waals surface area contributed by atoms with Crippen molar-refractivity contribution >= 4 is 142 Å². The van der Waals surface area contributed by atoms with Crippen LogP contribution in [0.1, 0.15) is 83.3 Å². The van der Waals surface area contributed by atoms with Crippen molar-refractivity contribution in [1.29, 1.82) is 0 Å². The molecular weight excluding hydrogens is 1380 g/mol. The van der Waals surface area contributed by atoms with E-state index in [9.17, 15) is 82.8 Å². The number of amides is 13. The van der Waals surface area contributed by atoms with E-state index in [0.29, 0.717) is 22.0 Å². The van der Waals surface area contributed by atoms with Crippen molar-refractivity contribution in [3.05, 3.63) is 71.9 Å². The number of thiol groups is 2. The van der Waals surface area contributed by atoms with Crippen LogP contribution in [0.5, 0.6) is 0 Å². The van der Waals surface area contributed by atoms with Gasteiger partial charge in [0.05, 0.1) is 24.4 Å². The molecule has 552 valence electrons. The summed E-state index contributed by atoms with van der Waals surface area (Å²) in [6.07, 6.45) is -1.78. The number of aliphatic hydroxyl groups is 3. The molecule has 21 N–H and O–H groups in total. The molecule has 13 amide bonds. The summed E-state index contributed by atoms with van der Waals surface area (Å²) in [6, 6.07) is -3.05. The maximum Gasteiger partial charge on any atom is 0.327 e. The largest absolute Gasteiger partial charge is 0.480 e. The van der Waals surface area contributed by atoms with Crippen LogP contribution >= 0.6 is 48.8 Å². The highest BCUT2D eigenvalue weighted by Crippen LogP contribution is 2.24. The van der Waals surface area contributed by atoms with Crippen LogP contribution in [0, 0.1) is 0 Å². The number of aliphatic hydroxyl groups excluding tert-OH is 3. The predicted octanol–water partition coefficient (Wildman–Crippen LogP) is -4.76. The molecule has 0 bridgehead atoms. The minimum Gasteiger partial charge on any atom is -0.480 e. The lowest BCUT2D eigenvalue weighted by Gasteiger charge is -2.32. The number of aromatic amines is 1. The quantitative estimate of drug-likeness (QED) is 0.0237. The third kappa shape index (κ3) is 26.4. The van der Waals surface area contributed by atoms with Crippen LogP contribution in [0.25, 0.3) is 10.9 Å². The third-order valence-corrected chi connectivity index (χ3v) is 18.1. The maximum atomic E-state index is 15.2. The fraction of sp³-hybridized carbons (Fsp3) is 0.556. The number of fused-ring (bicyclic) bond motifs is 1. The van der Waals surface area contributed by atoms with E-state index in [1.807, 2.05) is 0 Å². The van der Waals surface area contributed by atoms with Gasteiger partial charge in [0.25, 0.3) is 0 Å². The monoisotopic (exact) mass is 1480 g/mol. The summed E-state index contributed by atoms with van der Waals surface area (Å²) in [4.78, 5) is 195. The van der Waals surface area contributed by atoms with Crippen LogP contribution in [0.3, 0.4) is 0 Å². The van der Waals surface area contributed by atoms with E-state index in [4.69, 9.17) is 17.2 Å². The van der Waals surface area contributed by atoms with Crippen LogP contribution in [-0.4, -0.2) is 246 Å². The summed E-state index contributed by atoms with van der Waals surface area (Å²) in [7, 11) is 0. The first-order valence-corrected chi connectivity index (χ1v) is 36.1. The molecule has 0 saturated carbocycles. The van der Waals surface area contributed by atoms with E-state index in [1.165, 1.54) is 35.3 Å². The molecule has 33 nitrogen and oxygen atoms in total. The second-order valence-corrected chi connectivity index (χ2v) is 26.6. The van der Waals surface area contributed by atoms with Crippen molar-refractivity contribution in [2.45, 2.75) is 176 Å². The van der Waals surface area contributed by atoms with Gasteiger partial charge < -0.3 is 101 Å². The number of likely N-dealkylation sites (tertiary alicyclic amines) is 1. The standard InChI is InChI=1S/C63H93N15O18S4/c1-31(79)49(59(91)71-42(22-25-100-5)55(87)70-41(21-24-99-4)54(86)69-39(17-19-47(65)82)53(85)74-45(30-98)63(95)96)76-57(89)43(26-34-12-7-6-8-13-34)72-58(90)46-16-11-23-78(46)62(94)44(27-35-28-67-38-15-10-9-14-36(35)38)73-60(92)50(32(2)80)77-61(93)51(33(3)81)75-56(88)40(18-20-48(66)83)68-52(84)37(64)29-97/h6-10,12-15,28,31-33,37,39-46,49-51,67,79-81,97-98H,11,16-27,29-30,64H2,1-5H3,(H2,65,82)(H2,66,83)(H,68,84)(H,69,86)(H,70,87)(H,71,91)(H,72,90)(H,73,92)(H,74,85)(H,75,88)(H,76,89)(H,77,93)(H,95,96)/t31-,32-,33-,37+,39+,40+,41+,42+,43+,44+,45+,46+,49+,50+,51+/m1/s1. The molecule has 15 atom stereocenters. The van der Waals surface area contributed by atoms with Gasteiger partial charge in [0.2, 0.25) is 76.8 Å². The SMILES string of the molecule is CSCC[C@H](NC(=O)[C@H](CCSC)NC(=O)[C@@H](NC(=O)[C@H](Cc1ccccc1)NC(=O)[C@@H]1CCCN1C(=O)[C@H](Cc1c[nH]c2ccccc12)NC(=O)[C@@H](NC(=O)[C@@H](NC(=O)[C@H](CCC(N)=O)NC(=O)[C@@H](N)CS)[C@@H](C)O)[C@@H](C)O)[C@@H](C)O)C(=O)N[C@@H](CCC(N)=O)C(=O)N[C@@H](CS)C(=O)O. The predicted molar refractivity (Wildman–Crippen MR) is 377 cm³/mol. The number of primary amides is 2. The van der Waals surface area contributed by atoms with Gasteiger partial charge in [-0.1, -0.05) is 48.5 Å². The molecule has 4 rings (SSSR count). The fourth-order valence-electron chi connectivity index (χ4n) is 10.5. The van der Waals surface area contributed by atoms with Gasteiger partial charge >= 0.3 is 5.97 Å². The van der Waals surface area contributed by atoms with Gasteiger partial charge in [0, 0.05) is 60.8 Å². The fourth-order valence-corrected chi connectivity index (χ4v) is 11.9. The lowest BCUT2D eigenvalue weighted by molar-refractivity contribution is -0.143. The first-order chi connectivity index (χ1) is 47.3. The molecule has 100 heavy (non-hydrogen) atoms. The number of nitrogens with one attached hydrogen (secondary N) is 11. The Labute approximate surface area is 597 Å². The average Bonchev–Trinajstić information content (AvgIpc) is 1.60. The van der Waals surface area contributed by atoms with Crippen LogP contribution in [0.15, 0.2) is 60.8 Å². The molecule has 3 aromatic rings. The number of nitrogens with two attached hydrogens (primary N) is 3. The molecule has 1 fully saturated rings. The number of aliphatic carboxylic acids is 1. The highest BCUT2D eigenvalue weighted by molar-refractivity contribution is 7.98. The number of benzene rings is 2. The summed E-state index contributed by atoms with van der Waals surface area (Å²) in [5.74, 6) is -13.7. The van der Waals surface area contributed by atoms with Crippen molar-refractivity contribution in [2.24, 2.45) is 17.2 Å². The molecule has 0 spiro atoms. The summed E-state index contributed by atoms with van der Waals surface area (Å²) < 4.78 is 0. The van der Waals surface area contributed by atoms with E-state index < -0.39 is 186 Å². The summed E-state index contributed by atoms with van der Waals surface area (Å²) in [5, 5.41) is 67.9. The van der Waals surface area contributed by atoms with Crippen LogP contribution < -0.4 is 70.4 Å². The van der Waals surface area contributed by atoms with Crippen molar-refractivity contribution < 1.29 is 87.5 Å². The second kappa shape index (κ2) is 42.2. The third-order valence-electron chi connectivity index (χ3n) is 16.1. The zero-order chi connectivity index (χ0) is 74.5. The molecule has 1 aliphatic heterocycles. The Morgan fingerprint density at radius 3 is 1.42 bits per heavy atom. The van der Waals surface area contributed by atoms with E-state index in [0.717, 1.165) is 13.8 Å². The van der Waals surface area contributed by atoms with Crippen molar-refractivity contribution in [2.75, 3.05) is 42.1 Å². The lowest BCUT2D eigenvalue weighted by Crippen LogP contribution is -2.63. The lowest BCUT2D eigenvalue weighted by atomic mass is 10.0. The number of hydrogen-bond acceptors (Lipinski definition) is 22. The number of carboxylic acid groups (broad SMARTS) is 1. The maximum absolute atomic E-state index is 15.2. The van der Waals surface area contributed by atoms with Crippen LogP contribution in [0.2, 0.25) is 0 Å². The van der Waals surface area contributed by atoms with Crippen LogP contribution in [-0.2, 0) is 80.0 Å². The molecule has 1 saturated heterocycles. The van der Waals surface area contributed by atoms with Crippen molar-refractivity contribution in [3.63, 3.8) is 0 Å². The van der Waals surface area contributed by atoms with Gasteiger partial charge in [-0.15, -0.1) is 0 Å². The number of para-hydroxylation sites is 1. The zero-order valence-corrected chi connectivity index (χ0v) is 59.4. The van der Waals surface area contributed by atoms with Gasteiger partial charge in [-0.05, 0) is 101 Å². The van der Waals surface area contributed by atoms with Crippen molar-refractivity contribution in [3.8, 4) is 0 Å². The number of H-pyrrole nitrogens is 1. The van der Waals surface area contributed by atoms with E-state index in [1.54, 1.807) is 73.3 Å². The van der Waals surface area contributed by atoms with Crippen LogP contribution in [0.4, 0.5) is 0 Å². The minimum atomic E-state index is -1.89. The van der Waals surface area contributed by atoms with Gasteiger partial charge in [-0.25, -0.2) is 4.79 Å². The average molecular weight is 1480 g/mol. The van der Waals surface area contributed by atoms with Crippen molar-refractivity contribution in [1.82, 2.24) is 63.1 Å². The number of thioether (sulfide) groups is 2. The molecule has 1 aliphatic rings. The molecule has 2 heterocycles. The molecule has 2 aromatic carbocycles. The Balaban J connectivity index is 1.63. The number of aromatic nitrogens is 1. The van der Waals surface area contributed by atoms with E-state index in [-0.39, 0.29) is 80.9 Å². The molecular formula is C63H93N15O18S4. The highest BCUT2D eigenvalue weighted by atomic mass is 32.2. The molecule has 1 aromatic heterocycles. The van der Waals surface area contributed by atoms with E-state index >= 15 is 4.79 Å². The normalized spacial score (nSPS) is 17.0. The smallest absolute Gasteiger partial charge is 0.327 e. The summed E-state index contributed by atoms with van der Waals surface area (Å²) in [5.41, 5.74) is 18.1. The first-order valence-electron chi connectivity index (χ1n) is 32.1. The molecule has 0 radical (unpaired) electrons. The van der Waals surface area contributed by atoms with E-state index in [2.05, 4.69) is 83.4 Å². The molecule has 0 aliphatic carbocycles. The van der Waals surface area contributed by atoms with Gasteiger partial charge in [0.15, 0.2) is 0 Å². The Kier molecular flexibility index (Phi) is 35.5. The number of carbonyl (C=O) groups excluding carboxylic acids is 13. The number of carboxylic acids is 1. The Morgan fingerprint density at radius 1 is 0.530 bits per heavy atom. The summed E-state index contributed by atoms with van der Waals surface area (Å²) in [6.45, 7) is 3.40. The van der Waals surface area contributed by atoms with Gasteiger partial charge in [-0.3, -0.25) is 62.3 Å². The minimum absolute atomic E-state index is 0.0234. The number of rotatable bonds is 43. The topological polar surface area (TPSA) is 537 Å². The molecule has 0 unspecified atom stereocenters. The van der Waals surface area contributed by atoms with Gasteiger partial charge in [-0.2, -0.15) is 48.8 Å². The Hall–Kier alpha value is -8.20. The highest BCUT2D eigenvalue weighted by Gasteiger charge is 2.43.